The summed E-state index contributed by atoms with van der Waals surface area (Å²) in [5, 5.41) is 3.44. The Kier molecular flexibility index (Phi) is 4.22. The molecule has 0 aliphatic heterocycles. The SMILES string of the molecule is CNC(c1ccccc1I)c1sc(C)cc1C. The standard InChI is InChI=1S/C14H16INS/c1-9-8-10(2)17-14(9)13(16-3)11-6-4-5-7-12(11)15/h4-8,13,16H,1-3H3. The van der Waals surface area contributed by atoms with Crippen LogP contribution in [0, 0.1) is 17.4 Å². The highest BCUT2D eigenvalue weighted by atomic mass is 127. The van der Waals surface area contributed by atoms with Gasteiger partial charge in [-0.1, -0.05) is 18.2 Å². The molecule has 0 amide bonds. The molecule has 2 rings (SSSR count). The number of nitrogens with one attached hydrogen (secondary N) is 1. The Morgan fingerprint density at radius 3 is 2.47 bits per heavy atom. The molecular weight excluding hydrogens is 341 g/mol. The zero-order valence-corrected chi connectivity index (χ0v) is 13.2. The fourth-order valence-electron chi connectivity index (χ4n) is 2.08. The van der Waals surface area contributed by atoms with Crippen LogP contribution in [0.5, 0.6) is 0 Å². The monoisotopic (exact) mass is 357 g/mol. The molecule has 1 atom stereocenters. The van der Waals surface area contributed by atoms with Crippen molar-refractivity contribution in [1.82, 2.24) is 5.32 Å². The average Bonchev–Trinajstić information content (AvgIpc) is 2.62. The minimum atomic E-state index is 0.307. The van der Waals surface area contributed by atoms with E-state index in [0.29, 0.717) is 6.04 Å². The summed E-state index contributed by atoms with van der Waals surface area (Å²) in [5.74, 6) is 0. The number of benzene rings is 1. The summed E-state index contributed by atoms with van der Waals surface area (Å²) in [4.78, 5) is 2.80. The van der Waals surface area contributed by atoms with Crippen molar-refractivity contribution in [3.8, 4) is 0 Å². The first-order valence-corrected chi connectivity index (χ1v) is 7.51. The van der Waals surface area contributed by atoms with Gasteiger partial charge < -0.3 is 5.32 Å². The third-order valence-corrected chi connectivity index (χ3v) is 5.05. The maximum absolute atomic E-state index is 3.44. The van der Waals surface area contributed by atoms with E-state index in [-0.39, 0.29) is 0 Å². The molecule has 0 bridgehead atoms. The highest BCUT2D eigenvalue weighted by Crippen LogP contribution is 2.33. The second-order valence-corrected chi connectivity index (χ2v) is 6.60. The molecule has 17 heavy (non-hydrogen) atoms. The van der Waals surface area contributed by atoms with Crippen molar-refractivity contribution in [2.75, 3.05) is 7.05 Å². The van der Waals surface area contributed by atoms with E-state index in [1.807, 2.05) is 18.4 Å². The largest absolute Gasteiger partial charge is 0.309 e. The van der Waals surface area contributed by atoms with Gasteiger partial charge in [0.25, 0.3) is 0 Å². The van der Waals surface area contributed by atoms with Crippen molar-refractivity contribution in [1.29, 1.82) is 0 Å². The molecule has 0 radical (unpaired) electrons. The highest BCUT2D eigenvalue weighted by Gasteiger charge is 2.18. The van der Waals surface area contributed by atoms with Crippen LogP contribution in [0.3, 0.4) is 0 Å². The normalized spacial score (nSPS) is 12.7. The summed E-state index contributed by atoms with van der Waals surface area (Å²) in [7, 11) is 2.03. The predicted octanol–water partition coefficient (Wildman–Crippen LogP) is 4.28. The lowest BCUT2D eigenvalue weighted by Gasteiger charge is -2.18. The average molecular weight is 357 g/mol. The van der Waals surface area contributed by atoms with E-state index in [2.05, 4.69) is 72.1 Å². The molecule has 0 aliphatic carbocycles. The third-order valence-electron chi connectivity index (χ3n) is 2.85. The Balaban J connectivity index is 2.47. The summed E-state index contributed by atoms with van der Waals surface area (Å²) in [6.07, 6.45) is 0. The molecule has 1 aromatic carbocycles. The molecule has 0 spiro atoms. The van der Waals surface area contributed by atoms with Crippen LogP contribution in [-0.4, -0.2) is 7.05 Å². The van der Waals surface area contributed by atoms with Crippen molar-refractivity contribution in [2.24, 2.45) is 0 Å². The number of thiophene rings is 1. The molecule has 1 heterocycles. The van der Waals surface area contributed by atoms with Crippen molar-refractivity contribution >= 4 is 33.9 Å². The lowest BCUT2D eigenvalue weighted by Crippen LogP contribution is -2.18. The fourth-order valence-corrected chi connectivity index (χ4v) is 3.95. The van der Waals surface area contributed by atoms with Gasteiger partial charge in [0.15, 0.2) is 0 Å². The van der Waals surface area contributed by atoms with E-state index in [1.54, 1.807) is 0 Å². The van der Waals surface area contributed by atoms with Crippen LogP contribution in [0.2, 0.25) is 0 Å². The van der Waals surface area contributed by atoms with Crippen LogP contribution >= 0.6 is 33.9 Å². The Labute approximate surface area is 120 Å². The maximum Gasteiger partial charge on any atom is 0.0681 e. The predicted molar refractivity (Wildman–Crippen MR) is 83.9 cm³/mol. The first-order chi connectivity index (χ1) is 8.13. The Morgan fingerprint density at radius 1 is 1.24 bits per heavy atom. The van der Waals surface area contributed by atoms with Gasteiger partial charge in [-0.05, 0) is 66.7 Å². The molecule has 2 aromatic rings. The van der Waals surface area contributed by atoms with Crippen molar-refractivity contribution in [2.45, 2.75) is 19.9 Å². The van der Waals surface area contributed by atoms with Crippen molar-refractivity contribution in [3.05, 3.63) is 54.8 Å². The highest BCUT2D eigenvalue weighted by molar-refractivity contribution is 14.1. The van der Waals surface area contributed by atoms with Crippen LogP contribution in [0.1, 0.15) is 26.9 Å². The smallest absolute Gasteiger partial charge is 0.0681 e. The van der Waals surface area contributed by atoms with E-state index < -0.39 is 0 Å². The lowest BCUT2D eigenvalue weighted by atomic mass is 10.0. The molecule has 0 saturated heterocycles. The molecule has 90 valence electrons. The molecule has 1 unspecified atom stereocenters. The number of halogens is 1. The van der Waals surface area contributed by atoms with Gasteiger partial charge in [0.1, 0.15) is 0 Å². The summed E-state index contributed by atoms with van der Waals surface area (Å²) in [6, 6.07) is 11.1. The van der Waals surface area contributed by atoms with Gasteiger partial charge in [0, 0.05) is 13.3 Å². The zero-order chi connectivity index (χ0) is 12.4. The molecule has 0 aliphatic rings. The summed E-state index contributed by atoms with van der Waals surface area (Å²) >= 11 is 4.29. The van der Waals surface area contributed by atoms with Crippen molar-refractivity contribution < 1.29 is 0 Å². The molecular formula is C14H16INS. The van der Waals surface area contributed by atoms with Gasteiger partial charge >= 0.3 is 0 Å². The maximum atomic E-state index is 3.44. The topological polar surface area (TPSA) is 12.0 Å². The lowest BCUT2D eigenvalue weighted by molar-refractivity contribution is 0.697. The van der Waals surface area contributed by atoms with Gasteiger partial charge in [-0.15, -0.1) is 11.3 Å². The van der Waals surface area contributed by atoms with Gasteiger partial charge in [-0.25, -0.2) is 0 Å². The molecule has 1 N–H and O–H groups in total. The quantitative estimate of drug-likeness (QED) is 0.809. The summed E-state index contributed by atoms with van der Waals surface area (Å²) < 4.78 is 1.31. The molecule has 1 nitrogen and oxygen atoms in total. The number of hydrogen-bond donors (Lipinski definition) is 1. The number of hydrogen-bond acceptors (Lipinski definition) is 2. The van der Waals surface area contributed by atoms with Crippen LogP contribution in [-0.2, 0) is 0 Å². The van der Waals surface area contributed by atoms with E-state index >= 15 is 0 Å². The van der Waals surface area contributed by atoms with Gasteiger partial charge in [-0.3, -0.25) is 0 Å². The van der Waals surface area contributed by atoms with Crippen molar-refractivity contribution in [3.63, 3.8) is 0 Å². The zero-order valence-electron chi connectivity index (χ0n) is 10.3. The second-order valence-electron chi connectivity index (χ2n) is 4.15. The van der Waals surface area contributed by atoms with Gasteiger partial charge in [0.05, 0.1) is 6.04 Å². The third kappa shape index (κ3) is 2.72. The summed E-state index contributed by atoms with van der Waals surface area (Å²) in [5.41, 5.74) is 2.74. The first-order valence-electron chi connectivity index (χ1n) is 5.62. The van der Waals surface area contributed by atoms with Crippen LogP contribution in [0.25, 0.3) is 0 Å². The van der Waals surface area contributed by atoms with Crippen LogP contribution in [0.15, 0.2) is 30.3 Å². The molecule has 0 fully saturated rings. The Bertz CT molecular complexity index is 519. The molecule has 1 aromatic heterocycles. The van der Waals surface area contributed by atoms with Crippen LogP contribution < -0.4 is 5.32 Å². The Morgan fingerprint density at radius 2 is 1.94 bits per heavy atom. The number of rotatable bonds is 3. The minimum absolute atomic E-state index is 0.307. The van der Waals surface area contributed by atoms with Crippen LogP contribution in [0.4, 0.5) is 0 Å². The van der Waals surface area contributed by atoms with E-state index in [0.717, 1.165) is 0 Å². The number of aryl methyl sites for hydroxylation is 2. The second kappa shape index (κ2) is 5.50. The fraction of sp³-hybridized carbons (Fsp3) is 0.286. The van der Waals surface area contributed by atoms with Gasteiger partial charge in [0.2, 0.25) is 0 Å². The van der Waals surface area contributed by atoms with E-state index in [9.17, 15) is 0 Å². The molecule has 0 saturated carbocycles. The summed E-state index contributed by atoms with van der Waals surface area (Å²) in [6.45, 7) is 4.36. The van der Waals surface area contributed by atoms with E-state index in [4.69, 9.17) is 0 Å². The Hall–Kier alpha value is -0.390. The first kappa shape index (κ1) is 13.1. The minimum Gasteiger partial charge on any atom is -0.309 e. The molecule has 3 heteroatoms. The van der Waals surface area contributed by atoms with Gasteiger partial charge in [-0.2, -0.15) is 0 Å². The van der Waals surface area contributed by atoms with E-state index in [1.165, 1.54) is 24.5 Å².